The molecule has 1 aromatic rings. The van der Waals surface area contributed by atoms with E-state index >= 15 is 0 Å². The van der Waals surface area contributed by atoms with Crippen molar-refractivity contribution in [2.24, 2.45) is 0 Å². The van der Waals surface area contributed by atoms with Crippen LogP contribution in [0.15, 0.2) is 24.3 Å². The Hall–Kier alpha value is -0.860. The summed E-state index contributed by atoms with van der Waals surface area (Å²) in [6, 6.07) is 8.88. The summed E-state index contributed by atoms with van der Waals surface area (Å²) >= 11 is 0. The van der Waals surface area contributed by atoms with Gasteiger partial charge in [0.25, 0.3) is 0 Å². The molecular formula is C17H29NO. The summed E-state index contributed by atoms with van der Waals surface area (Å²) in [6.45, 7) is 9.49. The number of aliphatic hydroxyl groups excluding tert-OH is 1. The molecule has 108 valence electrons. The Morgan fingerprint density at radius 2 is 1.58 bits per heavy atom. The van der Waals surface area contributed by atoms with E-state index in [0.29, 0.717) is 18.5 Å². The van der Waals surface area contributed by atoms with Gasteiger partial charge in [0.05, 0.1) is 6.10 Å². The highest BCUT2D eigenvalue weighted by molar-refractivity contribution is 5.26. The average Bonchev–Trinajstić information content (AvgIpc) is 2.38. The van der Waals surface area contributed by atoms with Crippen LogP contribution in [0.2, 0.25) is 0 Å². The first-order valence-electron chi connectivity index (χ1n) is 7.43. The number of benzene rings is 1. The largest absolute Gasteiger partial charge is 0.387 e. The van der Waals surface area contributed by atoms with Crippen LogP contribution < -0.4 is 0 Å². The molecular weight excluding hydrogens is 234 g/mol. The molecule has 0 aliphatic heterocycles. The topological polar surface area (TPSA) is 23.5 Å². The predicted octanol–water partition coefficient (Wildman–Crippen LogP) is 3.96. The molecule has 0 aliphatic carbocycles. The molecule has 0 amide bonds. The van der Waals surface area contributed by atoms with E-state index in [4.69, 9.17) is 0 Å². The second kappa shape index (κ2) is 7.66. The van der Waals surface area contributed by atoms with Gasteiger partial charge in [0.2, 0.25) is 0 Å². The Bertz CT molecular complexity index is 358. The van der Waals surface area contributed by atoms with E-state index in [0.717, 1.165) is 5.56 Å². The van der Waals surface area contributed by atoms with E-state index < -0.39 is 6.10 Å². The van der Waals surface area contributed by atoms with Gasteiger partial charge in [-0.2, -0.15) is 0 Å². The maximum Gasteiger partial charge on any atom is 0.0916 e. The number of hydrogen-bond donors (Lipinski definition) is 1. The van der Waals surface area contributed by atoms with Crippen LogP contribution in [-0.2, 0) is 0 Å². The number of likely N-dealkylation sites (N-methyl/N-ethyl adjacent to an activating group) is 1. The maximum atomic E-state index is 10.3. The molecule has 2 nitrogen and oxygen atoms in total. The molecule has 1 rings (SSSR count). The van der Waals surface area contributed by atoms with E-state index in [9.17, 15) is 5.11 Å². The summed E-state index contributed by atoms with van der Waals surface area (Å²) in [7, 11) is 2.09. The van der Waals surface area contributed by atoms with Crippen LogP contribution in [0.4, 0.5) is 0 Å². The molecule has 0 aliphatic rings. The summed E-state index contributed by atoms with van der Waals surface area (Å²) in [4.78, 5) is 2.24. The SMILES string of the molecule is CCCC(C)N(C)CC(O)c1ccc(C(C)C)cc1. The van der Waals surface area contributed by atoms with Crippen molar-refractivity contribution in [2.45, 2.75) is 58.6 Å². The number of nitrogens with zero attached hydrogens (tertiary/aromatic N) is 1. The minimum atomic E-state index is -0.398. The summed E-state index contributed by atoms with van der Waals surface area (Å²) in [5.74, 6) is 0.540. The van der Waals surface area contributed by atoms with Gasteiger partial charge < -0.3 is 10.0 Å². The molecule has 0 heterocycles. The molecule has 2 atom stereocenters. The van der Waals surface area contributed by atoms with Crippen LogP contribution in [0.25, 0.3) is 0 Å². The number of rotatable bonds is 7. The van der Waals surface area contributed by atoms with Crippen LogP contribution in [0.3, 0.4) is 0 Å². The van der Waals surface area contributed by atoms with Crippen molar-refractivity contribution < 1.29 is 5.11 Å². The molecule has 1 N–H and O–H groups in total. The van der Waals surface area contributed by atoms with E-state index in [-0.39, 0.29) is 0 Å². The zero-order valence-electron chi connectivity index (χ0n) is 13.1. The highest BCUT2D eigenvalue weighted by Crippen LogP contribution is 2.20. The molecule has 0 spiro atoms. The van der Waals surface area contributed by atoms with Crippen molar-refractivity contribution in [1.29, 1.82) is 0 Å². The lowest BCUT2D eigenvalue weighted by molar-refractivity contribution is 0.106. The zero-order chi connectivity index (χ0) is 14.4. The maximum absolute atomic E-state index is 10.3. The van der Waals surface area contributed by atoms with Gasteiger partial charge in [-0.05, 0) is 37.4 Å². The minimum Gasteiger partial charge on any atom is -0.387 e. The smallest absolute Gasteiger partial charge is 0.0916 e. The molecule has 0 saturated carbocycles. The Kier molecular flexibility index (Phi) is 6.53. The molecule has 0 fully saturated rings. The Labute approximate surface area is 118 Å². The molecule has 0 saturated heterocycles. The fourth-order valence-corrected chi connectivity index (χ4v) is 2.30. The lowest BCUT2D eigenvalue weighted by Gasteiger charge is -2.27. The fourth-order valence-electron chi connectivity index (χ4n) is 2.30. The van der Waals surface area contributed by atoms with Gasteiger partial charge in [0.1, 0.15) is 0 Å². The monoisotopic (exact) mass is 263 g/mol. The van der Waals surface area contributed by atoms with E-state index in [2.05, 4.69) is 63.9 Å². The van der Waals surface area contributed by atoms with E-state index in [1.807, 2.05) is 0 Å². The van der Waals surface area contributed by atoms with Crippen molar-refractivity contribution in [3.8, 4) is 0 Å². The minimum absolute atomic E-state index is 0.398. The zero-order valence-corrected chi connectivity index (χ0v) is 13.1. The molecule has 1 aromatic carbocycles. The lowest BCUT2D eigenvalue weighted by Crippen LogP contribution is -2.32. The first kappa shape index (κ1) is 16.2. The third kappa shape index (κ3) is 4.96. The molecule has 0 aromatic heterocycles. The average molecular weight is 263 g/mol. The summed E-state index contributed by atoms with van der Waals surface area (Å²) in [6.07, 6.45) is 1.96. The molecule has 0 bridgehead atoms. The number of aliphatic hydroxyl groups is 1. The van der Waals surface area contributed by atoms with Crippen LogP contribution in [0.5, 0.6) is 0 Å². The standard InChI is InChI=1S/C17H29NO/c1-6-7-14(4)18(5)12-17(19)16-10-8-15(9-11-16)13(2)3/h8-11,13-14,17,19H,6-7,12H2,1-5H3. The Morgan fingerprint density at radius 1 is 1.05 bits per heavy atom. The van der Waals surface area contributed by atoms with Gasteiger partial charge in [0, 0.05) is 12.6 Å². The second-order valence-electron chi connectivity index (χ2n) is 5.91. The third-order valence-corrected chi connectivity index (χ3v) is 3.91. The van der Waals surface area contributed by atoms with Gasteiger partial charge in [-0.25, -0.2) is 0 Å². The highest BCUT2D eigenvalue weighted by Gasteiger charge is 2.14. The third-order valence-electron chi connectivity index (χ3n) is 3.91. The van der Waals surface area contributed by atoms with Crippen molar-refractivity contribution >= 4 is 0 Å². The fraction of sp³-hybridized carbons (Fsp3) is 0.647. The van der Waals surface area contributed by atoms with Gasteiger partial charge in [0.15, 0.2) is 0 Å². The van der Waals surface area contributed by atoms with Gasteiger partial charge >= 0.3 is 0 Å². The second-order valence-corrected chi connectivity index (χ2v) is 5.91. The van der Waals surface area contributed by atoms with Crippen LogP contribution in [-0.4, -0.2) is 29.6 Å². The van der Waals surface area contributed by atoms with Crippen LogP contribution in [0, 0.1) is 0 Å². The van der Waals surface area contributed by atoms with Crippen LogP contribution in [0.1, 0.15) is 63.7 Å². The molecule has 2 unspecified atom stereocenters. The Morgan fingerprint density at radius 3 is 2.05 bits per heavy atom. The van der Waals surface area contributed by atoms with E-state index in [1.54, 1.807) is 0 Å². The van der Waals surface area contributed by atoms with Crippen molar-refractivity contribution in [3.05, 3.63) is 35.4 Å². The summed E-state index contributed by atoms with van der Waals surface area (Å²) in [5.41, 5.74) is 2.34. The summed E-state index contributed by atoms with van der Waals surface area (Å²) in [5, 5.41) is 10.3. The first-order valence-corrected chi connectivity index (χ1v) is 7.43. The Balaban J connectivity index is 2.60. The molecule has 19 heavy (non-hydrogen) atoms. The first-order chi connectivity index (χ1) is 8.95. The molecule has 2 heteroatoms. The van der Waals surface area contributed by atoms with Crippen molar-refractivity contribution in [1.82, 2.24) is 4.90 Å². The summed E-state index contributed by atoms with van der Waals surface area (Å²) < 4.78 is 0. The number of hydrogen-bond acceptors (Lipinski definition) is 2. The van der Waals surface area contributed by atoms with Crippen molar-refractivity contribution in [2.75, 3.05) is 13.6 Å². The van der Waals surface area contributed by atoms with Gasteiger partial charge in [-0.15, -0.1) is 0 Å². The van der Waals surface area contributed by atoms with Gasteiger partial charge in [-0.1, -0.05) is 51.5 Å². The normalized spacial score (nSPS) is 14.9. The van der Waals surface area contributed by atoms with Gasteiger partial charge in [-0.3, -0.25) is 0 Å². The lowest BCUT2D eigenvalue weighted by atomic mass is 9.99. The predicted molar refractivity (Wildman–Crippen MR) is 82.5 cm³/mol. The van der Waals surface area contributed by atoms with Crippen molar-refractivity contribution in [3.63, 3.8) is 0 Å². The van der Waals surface area contributed by atoms with Crippen LogP contribution >= 0.6 is 0 Å². The van der Waals surface area contributed by atoms with E-state index in [1.165, 1.54) is 18.4 Å². The molecule has 0 radical (unpaired) electrons. The quantitative estimate of drug-likeness (QED) is 0.805. The highest BCUT2D eigenvalue weighted by atomic mass is 16.3.